The first-order chi connectivity index (χ1) is 20.6. The average Bonchev–Trinajstić information content (AvgIpc) is 3.39. The lowest BCUT2D eigenvalue weighted by Crippen LogP contribution is -2.52. The van der Waals surface area contributed by atoms with Gasteiger partial charge in [0, 0.05) is 22.9 Å². The van der Waals surface area contributed by atoms with Crippen molar-refractivity contribution in [2.24, 2.45) is 11.8 Å². The number of carbonyl (C=O) groups excluding carboxylic acids is 3. The van der Waals surface area contributed by atoms with Crippen molar-refractivity contribution in [3.8, 4) is 0 Å². The second-order valence-corrected chi connectivity index (χ2v) is 12.8. The molecule has 0 unspecified atom stereocenters. The van der Waals surface area contributed by atoms with Crippen LogP contribution in [0.2, 0.25) is 5.02 Å². The van der Waals surface area contributed by atoms with Crippen molar-refractivity contribution >= 4 is 29.5 Å². The zero-order chi connectivity index (χ0) is 31.0. The molecule has 0 aromatic heterocycles. The molecule has 1 saturated carbocycles. The van der Waals surface area contributed by atoms with Gasteiger partial charge >= 0.3 is 6.09 Å². The highest BCUT2D eigenvalue weighted by atomic mass is 35.5. The lowest BCUT2D eigenvalue weighted by molar-refractivity contribution is -0.126. The number of ether oxygens (including phenoxy) is 1. The molecule has 234 valence electrons. The molecule has 2 fully saturated rings. The quantitative estimate of drug-likeness (QED) is 0.249. The van der Waals surface area contributed by atoms with E-state index in [9.17, 15) is 23.9 Å². The van der Waals surface area contributed by atoms with Gasteiger partial charge in [0.1, 0.15) is 18.0 Å². The Morgan fingerprint density at radius 1 is 1.07 bits per heavy atom. The van der Waals surface area contributed by atoms with Gasteiger partial charge in [-0.05, 0) is 60.6 Å². The van der Waals surface area contributed by atoms with E-state index in [0.29, 0.717) is 36.4 Å². The first-order valence-corrected chi connectivity index (χ1v) is 15.6. The minimum atomic E-state index is -0.913. The summed E-state index contributed by atoms with van der Waals surface area (Å²) in [7, 11) is 0. The summed E-state index contributed by atoms with van der Waals surface area (Å²) in [4.78, 5) is 39.2. The Morgan fingerprint density at radius 2 is 1.81 bits per heavy atom. The number of nitrogens with one attached hydrogen (secondary N) is 3. The van der Waals surface area contributed by atoms with Crippen molar-refractivity contribution in [1.29, 1.82) is 0 Å². The van der Waals surface area contributed by atoms with Crippen LogP contribution in [0.25, 0.3) is 0 Å². The Labute approximate surface area is 258 Å². The number of alkyl carbamates (subject to hydrolysis) is 1. The largest absolute Gasteiger partial charge is 0.440 e. The summed E-state index contributed by atoms with van der Waals surface area (Å²) >= 11 is 6.28. The second kappa shape index (κ2) is 15.0. The van der Waals surface area contributed by atoms with Crippen LogP contribution >= 0.6 is 11.6 Å². The van der Waals surface area contributed by atoms with Crippen molar-refractivity contribution in [1.82, 2.24) is 16.0 Å². The molecule has 43 heavy (non-hydrogen) atoms. The van der Waals surface area contributed by atoms with Gasteiger partial charge in [0.2, 0.25) is 11.8 Å². The van der Waals surface area contributed by atoms with Crippen molar-refractivity contribution in [3.63, 3.8) is 0 Å². The monoisotopic (exact) mass is 615 g/mol. The van der Waals surface area contributed by atoms with Gasteiger partial charge in [-0.1, -0.05) is 81.8 Å². The van der Waals surface area contributed by atoms with E-state index < -0.39 is 41.4 Å². The molecule has 1 saturated heterocycles. The van der Waals surface area contributed by atoms with E-state index >= 15 is 0 Å². The fourth-order valence-corrected chi connectivity index (χ4v) is 6.50. The van der Waals surface area contributed by atoms with Crippen LogP contribution in [0.1, 0.15) is 82.4 Å². The second-order valence-electron chi connectivity index (χ2n) is 12.4. The molecule has 4 N–H and O–H groups in total. The summed E-state index contributed by atoms with van der Waals surface area (Å²) in [5.74, 6) is -1.02. The van der Waals surface area contributed by atoms with E-state index in [0.717, 1.165) is 37.7 Å². The van der Waals surface area contributed by atoms with Crippen molar-refractivity contribution in [2.45, 2.75) is 88.8 Å². The van der Waals surface area contributed by atoms with Crippen molar-refractivity contribution in [2.75, 3.05) is 13.2 Å². The van der Waals surface area contributed by atoms with Gasteiger partial charge in [-0.15, -0.1) is 0 Å². The third-order valence-corrected chi connectivity index (χ3v) is 9.04. The topological polar surface area (TPSA) is 117 Å². The maximum atomic E-state index is 14.3. The molecule has 4 rings (SSSR count). The van der Waals surface area contributed by atoms with Crippen LogP contribution < -0.4 is 16.0 Å². The van der Waals surface area contributed by atoms with Gasteiger partial charge in [-0.2, -0.15) is 0 Å². The molecule has 8 nitrogen and oxygen atoms in total. The Bertz CT molecular complexity index is 1270. The smallest absolute Gasteiger partial charge is 0.408 e. The van der Waals surface area contributed by atoms with E-state index in [4.69, 9.17) is 16.3 Å². The zero-order valence-corrected chi connectivity index (χ0v) is 25.7. The molecule has 0 bridgehead atoms. The van der Waals surface area contributed by atoms with Gasteiger partial charge in [0.05, 0.1) is 12.6 Å². The number of halogens is 2. The lowest BCUT2D eigenvalue weighted by atomic mass is 9.76. The minimum Gasteiger partial charge on any atom is -0.440 e. The summed E-state index contributed by atoms with van der Waals surface area (Å²) in [5.41, 5.74) is 0.435. The third-order valence-electron chi connectivity index (χ3n) is 8.80. The number of hydrogen-bond acceptors (Lipinski definition) is 5. The van der Waals surface area contributed by atoms with Crippen LogP contribution in [-0.4, -0.2) is 48.2 Å². The number of aliphatic hydroxyl groups is 1. The standard InChI is InChI=1S/C33H43ClFN3O5/c1-33(2,24-11-7-12-25(34)19-24)29(22-10-6-13-26(35)17-22)43-32(42)38-28(16-21-8-4-3-5-9-21)31(41)37-27(20-39)18-23-14-15-36-30(23)40/h6-7,10-13,17,19,21,23,27-29,39H,3-5,8-9,14-16,18,20H2,1-2H3,(H,36,40)(H,37,41)(H,38,42)/t23-,27-,28-,29-/m0/s1. The normalized spacial score (nSPS) is 19.7. The van der Waals surface area contributed by atoms with E-state index in [1.807, 2.05) is 19.9 Å². The highest BCUT2D eigenvalue weighted by Crippen LogP contribution is 2.40. The number of carbonyl (C=O) groups is 3. The van der Waals surface area contributed by atoms with Crippen LogP contribution in [0.4, 0.5) is 9.18 Å². The maximum Gasteiger partial charge on any atom is 0.408 e. The van der Waals surface area contributed by atoms with E-state index in [1.54, 1.807) is 30.3 Å². The Morgan fingerprint density at radius 3 is 2.47 bits per heavy atom. The molecule has 0 radical (unpaired) electrons. The molecule has 0 spiro atoms. The Balaban J connectivity index is 1.54. The van der Waals surface area contributed by atoms with Crippen molar-refractivity contribution in [3.05, 3.63) is 70.5 Å². The molecule has 1 heterocycles. The summed E-state index contributed by atoms with van der Waals surface area (Å²) in [6.45, 7) is 4.02. The molecular weight excluding hydrogens is 573 g/mol. The summed E-state index contributed by atoms with van der Waals surface area (Å²) in [6, 6.07) is 11.6. The highest BCUT2D eigenvalue weighted by molar-refractivity contribution is 6.30. The fourth-order valence-electron chi connectivity index (χ4n) is 6.31. The summed E-state index contributed by atoms with van der Waals surface area (Å²) in [6.07, 6.45) is 4.85. The highest BCUT2D eigenvalue weighted by Gasteiger charge is 2.38. The Hall–Kier alpha value is -3.17. The molecule has 2 aliphatic rings. The van der Waals surface area contributed by atoms with Gasteiger partial charge in [0.25, 0.3) is 0 Å². The third kappa shape index (κ3) is 8.92. The SMILES string of the molecule is CC(C)(c1cccc(Cl)c1)[C@@H](OC(=O)N[C@@H](CC1CCCCC1)C(=O)N[C@H](CO)C[C@@H]1CCNC1=O)c1cccc(F)c1. The van der Waals surface area contributed by atoms with E-state index in [-0.39, 0.29) is 24.3 Å². The van der Waals surface area contributed by atoms with Gasteiger partial charge in [-0.25, -0.2) is 9.18 Å². The average molecular weight is 616 g/mol. The maximum absolute atomic E-state index is 14.3. The molecule has 1 aliphatic carbocycles. The lowest BCUT2D eigenvalue weighted by Gasteiger charge is -2.35. The minimum absolute atomic E-state index is 0.0844. The molecule has 3 amide bonds. The number of aliphatic hydroxyl groups excluding tert-OH is 1. The summed E-state index contributed by atoms with van der Waals surface area (Å²) in [5, 5.41) is 18.9. The van der Waals surface area contributed by atoms with Crippen LogP contribution in [0.15, 0.2) is 48.5 Å². The number of hydrogen-bond donors (Lipinski definition) is 4. The van der Waals surface area contributed by atoms with Crippen LogP contribution in [0.5, 0.6) is 0 Å². The molecule has 1 aliphatic heterocycles. The molecule has 4 atom stereocenters. The van der Waals surface area contributed by atoms with Gasteiger partial charge in [-0.3, -0.25) is 9.59 Å². The molecule has 10 heteroatoms. The van der Waals surface area contributed by atoms with Gasteiger partial charge < -0.3 is 25.8 Å². The first kappa shape index (κ1) is 32.7. The first-order valence-electron chi connectivity index (χ1n) is 15.2. The number of amides is 3. The molecule has 2 aromatic carbocycles. The molecule has 2 aromatic rings. The van der Waals surface area contributed by atoms with Crippen LogP contribution in [0.3, 0.4) is 0 Å². The number of benzene rings is 2. The van der Waals surface area contributed by atoms with E-state index in [2.05, 4.69) is 16.0 Å². The predicted molar refractivity (Wildman–Crippen MR) is 163 cm³/mol. The van der Waals surface area contributed by atoms with Gasteiger partial charge in [0.15, 0.2) is 0 Å². The fraction of sp³-hybridized carbons (Fsp3) is 0.545. The van der Waals surface area contributed by atoms with Crippen molar-refractivity contribution < 1.29 is 28.6 Å². The summed E-state index contributed by atoms with van der Waals surface area (Å²) < 4.78 is 20.4. The number of rotatable bonds is 12. The van der Waals surface area contributed by atoms with E-state index in [1.165, 1.54) is 12.1 Å². The zero-order valence-electron chi connectivity index (χ0n) is 24.9. The van der Waals surface area contributed by atoms with Crippen LogP contribution in [0, 0.1) is 17.7 Å². The Kier molecular flexibility index (Phi) is 11.4. The van der Waals surface area contributed by atoms with Crippen LogP contribution in [-0.2, 0) is 19.7 Å². The predicted octanol–water partition coefficient (Wildman–Crippen LogP) is 5.57. The molecular formula is C33H43ClFN3O5.